The SMILES string of the molecule is COc1cccc(Cl)c1[C@H]1CO1. The van der Waals surface area contributed by atoms with Gasteiger partial charge in [-0.25, -0.2) is 0 Å². The maximum atomic E-state index is 5.98. The van der Waals surface area contributed by atoms with Crippen molar-refractivity contribution < 1.29 is 9.47 Å². The third kappa shape index (κ3) is 1.28. The molecule has 1 aliphatic rings. The van der Waals surface area contributed by atoms with E-state index in [1.165, 1.54) is 0 Å². The third-order valence-corrected chi connectivity index (χ3v) is 2.22. The summed E-state index contributed by atoms with van der Waals surface area (Å²) >= 11 is 5.98. The van der Waals surface area contributed by atoms with Crippen LogP contribution in [-0.2, 0) is 4.74 Å². The number of epoxide rings is 1. The summed E-state index contributed by atoms with van der Waals surface area (Å²) in [6, 6.07) is 5.61. The van der Waals surface area contributed by atoms with E-state index in [0.29, 0.717) is 0 Å². The lowest BCUT2D eigenvalue weighted by atomic mass is 10.1. The largest absolute Gasteiger partial charge is 0.496 e. The van der Waals surface area contributed by atoms with Gasteiger partial charge < -0.3 is 9.47 Å². The predicted molar refractivity (Wildman–Crippen MR) is 46.7 cm³/mol. The first-order chi connectivity index (χ1) is 5.83. The summed E-state index contributed by atoms with van der Waals surface area (Å²) in [6.07, 6.45) is 0.147. The number of ether oxygens (including phenoxy) is 2. The zero-order chi connectivity index (χ0) is 8.55. The molecule has 0 N–H and O–H groups in total. The van der Waals surface area contributed by atoms with Crippen molar-refractivity contribution in [3.63, 3.8) is 0 Å². The van der Waals surface area contributed by atoms with Gasteiger partial charge in [0.2, 0.25) is 0 Å². The molecule has 0 amide bonds. The quantitative estimate of drug-likeness (QED) is 0.659. The van der Waals surface area contributed by atoms with Gasteiger partial charge >= 0.3 is 0 Å². The average molecular weight is 185 g/mol. The van der Waals surface area contributed by atoms with Crippen molar-refractivity contribution in [2.45, 2.75) is 6.10 Å². The Kier molecular flexibility index (Phi) is 1.95. The highest BCUT2D eigenvalue weighted by atomic mass is 35.5. The molecular weight excluding hydrogens is 176 g/mol. The Morgan fingerprint density at radius 1 is 1.58 bits per heavy atom. The van der Waals surface area contributed by atoms with Crippen LogP contribution in [-0.4, -0.2) is 13.7 Å². The molecule has 0 saturated carbocycles. The van der Waals surface area contributed by atoms with Gasteiger partial charge in [-0.2, -0.15) is 0 Å². The minimum absolute atomic E-state index is 0.147. The number of rotatable bonds is 2. The molecule has 0 radical (unpaired) electrons. The maximum absolute atomic E-state index is 5.98. The Hall–Kier alpha value is -0.730. The van der Waals surface area contributed by atoms with E-state index in [-0.39, 0.29) is 6.10 Å². The van der Waals surface area contributed by atoms with E-state index in [9.17, 15) is 0 Å². The second-order valence-electron chi connectivity index (χ2n) is 2.68. The van der Waals surface area contributed by atoms with Crippen LogP contribution in [0.4, 0.5) is 0 Å². The van der Waals surface area contributed by atoms with E-state index in [1.807, 2.05) is 18.2 Å². The number of hydrogen-bond donors (Lipinski definition) is 0. The van der Waals surface area contributed by atoms with Gasteiger partial charge in [0.05, 0.1) is 18.7 Å². The van der Waals surface area contributed by atoms with Gasteiger partial charge in [0, 0.05) is 5.56 Å². The monoisotopic (exact) mass is 184 g/mol. The van der Waals surface area contributed by atoms with Gasteiger partial charge in [-0.3, -0.25) is 0 Å². The topological polar surface area (TPSA) is 21.8 Å². The van der Waals surface area contributed by atoms with E-state index in [0.717, 1.165) is 22.9 Å². The molecule has 64 valence electrons. The molecule has 1 saturated heterocycles. The molecule has 0 bridgehead atoms. The van der Waals surface area contributed by atoms with Crippen LogP contribution in [0.2, 0.25) is 5.02 Å². The lowest BCUT2D eigenvalue weighted by Crippen LogP contribution is -1.91. The van der Waals surface area contributed by atoms with Crippen LogP contribution in [0.3, 0.4) is 0 Å². The molecule has 0 aromatic heterocycles. The van der Waals surface area contributed by atoms with Crippen molar-refractivity contribution in [3.8, 4) is 5.75 Å². The summed E-state index contributed by atoms with van der Waals surface area (Å²) in [7, 11) is 1.64. The van der Waals surface area contributed by atoms with Gasteiger partial charge in [-0.15, -0.1) is 0 Å². The Labute approximate surface area is 76.1 Å². The normalized spacial score (nSPS) is 20.7. The molecule has 3 heteroatoms. The summed E-state index contributed by atoms with van der Waals surface area (Å²) in [6.45, 7) is 0.750. The minimum Gasteiger partial charge on any atom is -0.496 e. The summed E-state index contributed by atoms with van der Waals surface area (Å²) in [4.78, 5) is 0. The molecule has 1 heterocycles. The molecule has 1 aromatic carbocycles. The highest BCUT2D eigenvalue weighted by molar-refractivity contribution is 6.31. The summed E-state index contributed by atoms with van der Waals surface area (Å²) < 4.78 is 10.3. The Morgan fingerprint density at radius 2 is 2.33 bits per heavy atom. The van der Waals surface area contributed by atoms with E-state index in [2.05, 4.69) is 0 Å². The maximum Gasteiger partial charge on any atom is 0.126 e. The van der Waals surface area contributed by atoms with E-state index >= 15 is 0 Å². The summed E-state index contributed by atoms with van der Waals surface area (Å²) in [5.74, 6) is 0.810. The number of benzene rings is 1. The number of hydrogen-bond acceptors (Lipinski definition) is 2. The molecule has 2 nitrogen and oxygen atoms in total. The molecule has 1 aromatic rings. The Morgan fingerprint density at radius 3 is 2.92 bits per heavy atom. The Bertz CT molecular complexity index is 295. The second-order valence-corrected chi connectivity index (χ2v) is 3.08. The van der Waals surface area contributed by atoms with Crippen molar-refractivity contribution in [2.75, 3.05) is 13.7 Å². The Balaban J connectivity index is 2.45. The fraction of sp³-hybridized carbons (Fsp3) is 0.333. The van der Waals surface area contributed by atoms with Crippen molar-refractivity contribution in [3.05, 3.63) is 28.8 Å². The molecule has 0 spiro atoms. The summed E-state index contributed by atoms with van der Waals surface area (Å²) in [5.41, 5.74) is 0.974. The smallest absolute Gasteiger partial charge is 0.126 e. The molecule has 1 atom stereocenters. The molecule has 12 heavy (non-hydrogen) atoms. The van der Waals surface area contributed by atoms with Crippen LogP contribution in [0.15, 0.2) is 18.2 Å². The molecule has 1 aliphatic heterocycles. The molecule has 0 unspecified atom stereocenters. The first-order valence-electron chi connectivity index (χ1n) is 3.77. The lowest BCUT2D eigenvalue weighted by Gasteiger charge is -2.06. The summed E-state index contributed by atoms with van der Waals surface area (Å²) in [5, 5.41) is 0.719. The molecule has 1 fully saturated rings. The first kappa shape index (κ1) is 7.90. The highest BCUT2D eigenvalue weighted by Crippen LogP contribution is 2.40. The van der Waals surface area contributed by atoms with Gasteiger partial charge in [-0.1, -0.05) is 17.7 Å². The van der Waals surface area contributed by atoms with Gasteiger partial charge in [-0.05, 0) is 12.1 Å². The van der Waals surface area contributed by atoms with Crippen LogP contribution in [0, 0.1) is 0 Å². The van der Waals surface area contributed by atoms with Crippen LogP contribution in [0.1, 0.15) is 11.7 Å². The van der Waals surface area contributed by atoms with Crippen LogP contribution >= 0.6 is 11.6 Å². The van der Waals surface area contributed by atoms with Crippen LogP contribution < -0.4 is 4.74 Å². The van der Waals surface area contributed by atoms with Gasteiger partial charge in [0.25, 0.3) is 0 Å². The average Bonchev–Trinajstić information content (AvgIpc) is 2.87. The molecule has 2 rings (SSSR count). The highest BCUT2D eigenvalue weighted by Gasteiger charge is 2.30. The third-order valence-electron chi connectivity index (χ3n) is 1.89. The van der Waals surface area contributed by atoms with Gasteiger partial charge in [0.1, 0.15) is 11.9 Å². The minimum atomic E-state index is 0.147. The zero-order valence-electron chi connectivity index (χ0n) is 6.71. The second kappa shape index (κ2) is 2.96. The van der Waals surface area contributed by atoms with Crippen LogP contribution in [0.5, 0.6) is 5.75 Å². The lowest BCUT2D eigenvalue weighted by molar-refractivity contribution is 0.383. The van der Waals surface area contributed by atoms with Crippen molar-refractivity contribution in [1.82, 2.24) is 0 Å². The first-order valence-corrected chi connectivity index (χ1v) is 4.14. The van der Waals surface area contributed by atoms with Gasteiger partial charge in [0.15, 0.2) is 0 Å². The predicted octanol–water partition coefficient (Wildman–Crippen LogP) is 2.42. The van der Waals surface area contributed by atoms with Crippen molar-refractivity contribution >= 4 is 11.6 Å². The van der Waals surface area contributed by atoms with E-state index in [1.54, 1.807) is 7.11 Å². The molecule has 0 aliphatic carbocycles. The molecular formula is C9H9ClO2. The van der Waals surface area contributed by atoms with Crippen molar-refractivity contribution in [1.29, 1.82) is 0 Å². The number of halogens is 1. The standard InChI is InChI=1S/C9H9ClO2/c1-11-7-4-2-3-6(10)9(7)8-5-12-8/h2-4,8H,5H2,1H3/t8-/m1/s1. The number of methoxy groups -OCH3 is 1. The fourth-order valence-electron chi connectivity index (χ4n) is 1.22. The van der Waals surface area contributed by atoms with Crippen molar-refractivity contribution in [2.24, 2.45) is 0 Å². The van der Waals surface area contributed by atoms with Crippen LogP contribution in [0.25, 0.3) is 0 Å². The zero-order valence-corrected chi connectivity index (χ0v) is 7.47. The van der Waals surface area contributed by atoms with E-state index in [4.69, 9.17) is 21.1 Å². The fourth-order valence-corrected chi connectivity index (χ4v) is 1.51. The van der Waals surface area contributed by atoms with E-state index < -0.39 is 0 Å².